The van der Waals surface area contributed by atoms with Crippen LogP contribution < -0.4 is 10.6 Å². The number of anilines is 1. The van der Waals surface area contributed by atoms with E-state index in [1.54, 1.807) is 30.5 Å². The summed E-state index contributed by atoms with van der Waals surface area (Å²) in [6.07, 6.45) is 2.24. The van der Waals surface area contributed by atoms with Crippen molar-refractivity contribution in [1.82, 2.24) is 9.69 Å². The summed E-state index contributed by atoms with van der Waals surface area (Å²) in [5, 5.41) is 6.61. The van der Waals surface area contributed by atoms with Gasteiger partial charge >= 0.3 is 0 Å². The first-order valence-corrected chi connectivity index (χ1v) is 9.96. The molecule has 0 bridgehead atoms. The van der Waals surface area contributed by atoms with Crippen LogP contribution in [-0.2, 0) is 6.42 Å². The van der Waals surface area contributed by atoms with Gasteiger partial charge in [-0.05, 0) is 60.9 Å². The van der Waals surface area contributed by atoms with E-state index in [1.807, 2.05) is 43.3 Å². The molecule has 1 atom stereocenters. The molecule has 4 aromatic rings. The number of amides is 2. The summed E-state index contributed by atoms with van der Waals surface area (Å²) in [6.45, 7) is 1.92. The molecule has 146 valence electrons. The Hall–Kier alpha value is -3.45. The Balaban J connectivity index is 1.38. The zero-order chi connectivity index (χ0) is 20.2. The highest BCUT2D eigenvalue weighted by Gasteiger charge is 2.15. The van der Waals surface area contributed by atoms with E-state index in [2.05, 4.69) is 15.0 Å². The summed E-state index contributed by atoms with van der Waals surface area (Å²) in [4.78, 5) is 25.0. The summed E-state index contributed by atoms with van der Waals surface area (Å²) in [6, 6.07) is 18.0. The molecule has 0 aliphatic heterocycles. The largest absolute Gasteiger partial charge is 0.469 e. The second kappa shape index (κ2) is 8.28. The number of nitrogens with one attached hydrogen (secondary N) is 2. The molecule has 0 saturated carbocycles. The third-order valence-electron chi connectivity index (χ3n) is 4.46. The average Bonchev–Trinajstić information content (AvgIpc) is 3.38. The lowest BCUT2D eigenvalue weighted by Gasteiger charge is -2.13. The lowest BCUT2D eigenvalue weighted by atomic mass is 10.1. The van der Waals surface area contributed by atoms with Crippen molar-refractivity contribution >= 4 is 39.1 Å². The first-order valence-electron chi connectivity index (χ1n) is 9.19. The molecule has 7 heteroatoms. The SMILES string of the molecule is C[C@H](Cc1ccco1)NC(=O)c1ccc(NC(=O)c2nsc3ccccc23)cc1. The molecule has 2 N–H and O–H groups in total. The standard InChI is InChI=1S/C22H19N3O3S/c1-14(13-17-5-4-12-28-17)23-21(26)15-8-10-16(11-9-15)24-22(27)20-18-6-2-3-7-19(18)29-25-20/h2-12,14H,13H2,1H3,(H,23,26)(H,24,27)/t14-/m1/s1. The van der Waals surface area contributed by atoms with Crippen molar-refractivity contribution in [3.05, 3.63) is 83.9 Å². The van der Waals surface area contributed by atoms with Crippen LogP contribution in [0.15, 0.2) is 71.3 Å². The number of carbonyl (C=O) groups is 2. The fourth-order valence-corrected chi connectivity index (χ4v) is 3.81. The van der Waals surface area contributed by atoms with E-state index < -0.39 is 0 Å². The maximum atomic E-state index is 12.5. The zero-order valence-corrected chi connectivity index (χ0v) is 16.5. The van der Waals surface area contributed by atoms with Gasteiger partial charge in [-0.15, -0.1) is 0 Å². The Bertz CT molecular complexity index is 1130. The van der Waals surface area contributed by atoms with E-state index >= 15 is 0 Å². The van der Waals surface area contributed by atoms with E-state index in [4.69, 9.17) is 4.42 Å². The van der Waals surface area contributed by atoms with E-state index in [9.17, 15) is 9.59 Å². The monoisotopic (exact) mass is 405 g/mol. The molecule has 4 rings (SSSR count). The minimum absolute atomic E-state index is 0.0639. The molecule has 6 nitrogen and oxygen atoms in total. The number of aromatic nitrogens is 1. The van der Waals surface area contributed by atoms with Crippen LogP contribution >= 0.6 is 11.5 Å². The minimum Gasteiger partial charge on any atom is -0.469 e. The predicted octanol–water partition coefficient (Wildman–Crippen LogP) is 4.50. The van der Waals surface area contributed by atoms with Crippen LogP contribution in [0.25, 0.3) is 10.1 Å². The van der Waals surface area contributed by atoms with Gasteiger partial charge in [-0.1, -0.05) is 18.2 Å². The quantitative estimate of drug-likeness (QED) is 0.495. The molecular weight excluding hydrogens is 386 g/mol. The molecule has 0 unspecified atom stereocenters. The van der Waals surface area contributed by atoms with Gasteiger partial charge in [-0.25, -0.2) is 0 Å². The van der Waals surface area contributed by atoms with Crippen molar-refractivity contribution in [3.8, 4) is 0 Å². The Morgan fingerprint density at radius 1 is 1.03 bits per heavy atom. The van der Waals surface area contributed by atoms with E-state index in [-0.39, 0.29) is 17.9 Å². The predicted molar refractivity (Wildman–Crippen MR) is 113 cm³/mol. The second-order valence-electron chi connectivity index (χ2n) is 6.72. The molecule has 2 amide bonds. The van der Waals surface area contributed by atoms with Gasteiger partial charge in [0.15, 0.2) is 0 Å². The smallest absolute Gasteiger partial charge is 0.276 e. The number of hydrogen-bond donors (Lipinski definition) is 2. The number of fused-ring (bicyclic) bond motifs is 1. The van der Waals surface area contributed by atoms with Gasteiger partial charge in [0.2, 0.25) is 0 Å². The van der Waals surface area contributed by atoms with Gasteiger partial charge < -0.3 is 15.1 Å². The third kappa shape index (κ3) is 4.35. The molecule has 0 radical (unpaired) electrons. The van der Waals surface area contributed by atoms with Crippen molar-refractivity contribution in [2.24, 2.45) is 0 Å². The minimum atomic E-state index is -0.272. The second-order valence-corrected chi connectivity index (χ2v) is 7.52. The molecule has 0 fully saturated rings. The van der Waals surface area contributed by atoms with Gasteiger partial charge in [0.05, 0.1) is 11.0 Å². The van der Waals surface area contributed by atoms with Crippen LogP contribution in [0.2, 0.25) is 0 Å². The van der Waals surface area contributed by atoms with Crippen LogP contribution in [0, 0.1) is 0 Å². The van der Waals surface area contributed by atoms with Gasteiger partial charge in [-0.3, -0.25) is 9.59 Å². The normalized spacial score (nSPS) is 11.9. The van der Waals surface area contributed by atoms with Crippen LogP contribution in [0.3, 0.4) is 0 Å². The Morgan fingerprint density at radius 3 is 2.59 bits per heavy atom. The number of carbonyl (C=O) groups excluding carboxylic acids is 2. The lowest BCUT2D eigenvalue weighted by Crippen LogP contribution is -2.33. The summed E-state index contributed by atoms with van der Waals surface area (Å²) < 4.78 is 10.5. The highest BCUT2D eigenvalue weighted by molar-refractivity contribution is 7.13. The van der Waals surface area contributed by atoms with Gasteiger partial charge in [-0.2, -0.15) is 4.37 Å². The fourth-order valence-electron chi connectivity index (χ4n) is 3.03. The molecule has 0 spiro atoms. The van der Waals surface area contributed by atoms with Crippen molar-refractivity contribution in [1.29, 1.82) is 0 Å². The van der Waals surface area contributed by atoms with E-state index in [0.717, 1.165) is 15.8 Å². The maximum absolute atomic E-state index is 12.5. The Morgan fingerprint density at radius 2 is 1.83 bits per heavy atom. The molecule has 0 aliphatic rings. The summed E-state index contributed by atoms with van der Waals surface area (Å²) >= 11 is 1.30. The molecule has 0 aliphatic carbocycles. The molecule has 2 aromatic carbocycles. The van der Waals surface area contributed by atoms with Gasteiger partial charge in [0, 0.05) is 29.1 Å². The third-order valence-corrected chi connectivity index (χ3v) is 5.29. The number of furan rings is 1. The molecule has 2 aromatic heterocycles. The summed E-state index contributed by atoms with van der Waals surface area (Å²) in [5.74, 6) is 0.379. The van der Waals surface area contributed by atoms with Crippen molar-refractivity contribution in [2.75, 3.05) is 5.32 Å². The van der Waals surface area contributed by atoms with Crippen LogP contribution in [0.4, 0.5) is 5.69 Å². The fraction of sp³-hybridized carbons (Fsp3) is 0.136. The van der Waals surface area contributed by atoms with Gasteiger partial charge in [0.25, 0.3) is 11.8 Å². The van der Waals surface area contributed by atoms with E-state index in [0.29, 0.717) is 23.4 Å². The molecule has 0 saturated heterocycles. The number of rotatable bonds is 6. The molecule has 2 heterocycles. The van der Waals surface area contributed by atoms with Crippen molar-refractivity contribution in [2.45, 2.75) is 19.4 Å². The average molecular weight is 405 g/mol. The first kappa shape index (κ1) is 18.9. The Kier molecular flexibility index (Phi) is 5.39. The molecule has 29 heavy (non-hydrogen) atoms. The first-order chi connectivity index (χ1) is 14.1. The molecular formula is C22H19N3O3S. The Labute approximate surface area is 171 Å². The van der Waals surface area contributed by atoms with Gasteiger partial charge in [0.1, 0.15) is 11.5 Å². The van der Waals surface area contributed by atoms with Crippen LogP contribution in [0.1, 0.15) is 33.5 Å². The highest BCUT2D eigenvalue weighted by Crippen LogP contribution is 2.23. The highest BCUT2D eigenvalue weighted by atomic mass is 32.1. The number of nitrogens with zero attached hydrogens (tertiary/aromatic N) is 1. The maximum Gasteiger partial charge on any atom is 0.276 e. The van der Waals surface area contributed by atoms with Crippen molar-refractivity contribution in [3.63, 3.8) is 0 Å². The zero-order valence-electron chi connectivity index (χ0n) is 15.7. The summed E-state index contributed by atoms with van der Waals surface area (Å²) in [5.41, 5.74) is 1.53. The number of hydrogen-bond acceptors (Lipinski definition) is 5. The number of benzene rings is 2. The summed E-state index contributed by atoms with van der Waals surface area (Å²) in [7, 11) is 0. The van der Waals surface area contributed by atoms with Crippen molar-refractivity contribution < 1.29 is 14.0 Å². The van der Waals surface area contributed by atoms with Crippen LogP contribution in [-0.4, -0.2) is 22.2 Å². The van der Waals surface area contributed by atoms with Crippen LogP contribution in [0.5, 0.6) is 0 Å². The topological polar surface area (TPSA) is 84.2 Å². The van der Waals surface area contributed by atoms with E-state index in [1.165, 1.54) is 11.5 Å². The lowest BCUT2D eigenvalue weighted by molar-refractivity contribution is 0.0938.